The fourth-order valence-electron chi connectivity index (χ4n) is 2.48. The summed E-state index contributed by atoms with van der Waals surface area (Å²) in [6.07, 6.45) is 9.40. The molecule has 1 fully saturated rings. The number of nitro groups is 1. The minimum absolute atomic E-state index is 0.0606. The van der Waals surface area contributed by atoms with E-state index in [4.69, 9.17) is 22.3 Å². The Morgan fingerprint density at radius 2 is 1.93 bits per heavy atom. The topological polar surface area (TPSA) is 176 Å². The van der Waals surface area contributed by atoms with Gasteiger partial charge in [0.25, 0.3) is 5.69 Å². The van der Waals surface area contributed by atoms with Gasteiger partial charge < -0.3 is 22.3 Å². The molecule has 1 aliphatic carbocycles. The molecule has 0 heterocycles. The molecule has 0 unspecified atom stereocenters. The molecule has 9 heteroatoms. The number of hydrogen-bond donors (Lipinski definition) is 4. The third kappa shape index (κ3) is 12.9. The van der Waals surface area contributed by atoms with E-state index in [1.54, 1.807) is 0 Å². The van der Waals surface area contributed by atoms with Crippen LogP contribution >= 0.6 is 0 Å². The van der Waals surface area contributed by atoms with Crippen LogP contribution in [-0.2, 0) is 4.79 Å². The van der Waals surface area contributed by atoms with Crippen LogP contribution in [0.2, 0.25) is 0 Å². The summed E-state index contributed by atoms with van der Waals surface area (Å²) >= 11 is 0. The van der Waals surface area contributed by atoms with E-state index < -0.39 is 16.9 Å². The number of aldehydes is 1. The summed E-state index contributed by atoms with van der Waals surface area (Å²) < 4.78 is 0. The van der Waals surface area contributed by atoms with E-state index in [0.29, 0.717) is 30.9 Å². The second-order valence-corrected chi connectivity index (χ2v) is 6.60. The zero-order valence-electron chi connectivity index (χ0n) is 16.2. The molecule has 7 N–H and O–H groups in total. The van der Waals surface area contributed by atoms with Crippen LogP contribution in [0.3, 0.4) is 0 Å². The van der Waals surface area contributed by atoms with Gasteiger partial charge in [-0.2, -0.15) is 0 Å². The summed E-state index contributed by atoms with van der Waals surface area (Å²) in [6, 6.07) is 5.38. The van der Waals surface area contributed by atoms with Crippen molar-refractivity contribution in [3.05, 3.63) is 39.9 Å². The normalized spacial score (nSPS) is 14.5. The summed E-state index contributed by atoms with van der Waals surface area (Å²) in [4.78, 5) is 29.9. The van der Waals surface area contributed by atoms with Gasteiger partial charge in [0.15, 0.2) is 0 Å². The first-order valence-electron chi connectivity index (χ1n) is 9.45. The largest absolute Gasteiger partial charge is 0.480 e. The van der Waals surface area contributed by atoms with Gasteiger partial charge in [-0.1, -0.05) is 37.8 Å². The van der Waals surface area contributed by atoms with Crippen LogP contribution in [0, 0.1) is 10.1 Å². The Kier molecular flexibility index (Phi) is 14.4. The zero-order chi connectivity index (χ0) is 21.4. The molecule has 1 aliphatic rings. The number of aliphatic carboxylic acids is 1. The van der Waals surface area contributed by atoms with Gasteiger partial charge >= 0.3 is 5.97 Å². The van der Waals surface area contributed by atoms with Crippen LogP contribution in [-0.4, -0.2) is 40.9 Å². The molecular formula is C19H32N4O5. The number of unbranched alkanes of at least 4 members (excludes halogenated alkanes) is 1. The van der Waals surface area contributed by atoms with Crippen molar-refractivity contribution in [3.8, 4) is 0 Å². The van der Waals surface area contributed by atoms with Crippen LogP contribution in [0.5, 0.6) is 0 Å². The third-order valence-corrected chi connectivity index (χ3v) is 4.15. The fraction of sp³-hybridized carbons (Fsp3) is 0.579. The van der Waals surface area contributed by atoms with Crippen LogP contribution in [0.15, 0.2) is 24.3 Å². The van der Waals surface area contributed by atoms with Crippen molar-refractivity contribution in [2.75, 3.05) is 6.54 Å². The molecule has 1 saturated carbocycles. The quantitative estimate of drug-likeness (QED) is 0.234. The summed E-state index contributed by atoms with van der Waals surface area (Å²) in [5.74, 6) is -0.933. The SMILES string of the molecule is NC1CCCCC1.NCCCC[C@H](N)C(=O)O.O=Cc1cccc([N+](=O)[O-])c1. The van der Waals surface area contributed by atoms with Gasteiger partial charge in [0.05, 0.1) is 4.92 Å². The molecule has 158 valence electrons. The Morgan fingerprint density at radius 3 is 2.36 bits per heavy atom. The van der Waals surface area contributed by atoms with Gasteiger partial charge in [-0.25, -0.2) is 0 Å². The van der Waals surface area contributed by atoms with Gasteiger partial charge in [-0.05, 0) is 32.2 Å². The van der Waals surface area contributed by atoms with E-state index in [1.165, 1.54) is 56.4 Å². The number of nitro benzene ring substituents is 1. The lowest BCUT2D eigenvalue weighted by Gasteiger charge is -2.15. The van der Waals surface area contributed by atoms with E-state index in [1.807, 2.05) is 0 Å². The molecule has 0 aromatic heterocycles. The Bertz CT molecular complexity index is 591. The van der Waals surface area contributed by atoms with Crippen molar-refractivity contribution >= 4 is 17.9 Å². The van der Waals surface area contributed by atoms with Crippen molar-refractivity contribution < 1.29 is 19.6 Å². The lowest BCUT2D eigenvalue weighted by Crippen LogP contribution is -2.29. The summed E-state index contributed by atoms with van der Waals surface area (Å²) in [5.41, 5.74) is 16.3. The number of rotatable bonds is 7. The second-order valence-electron chi connectivity index (χ2n) is 6.60. The molecule has 1 atom stereocenters. The molecule has 0 spiro atoms. The van der Waals surface area contributed by atoms with Crippen molar-refractivity contribution in [3.63, 3.8) is 0 Å². The van der Waals surface area contributed by atoms with Crippen molar-refractivity contribution in [2.45, 2.75) is 63.5 Å². The average Bonchev–Trinajstić information content (AvgIpc) is 2.69. The zero-order valence-corrected chi connectivity index (χ0v) is 16.2. The fourth-order valence-corrected chi connectivity index (χ4v) is 2.48. The molecule has 1 aromatic carbocycles. The van der Waals surface area contributed by atoms with Gasteiger partial charge in [-0.3, -0.25) is 19.7 Å². The van der Waals surface area contributed by atoms with Crippen LogP contribution in [0.25, 0.3) is 0 Å². The molecule has 2 rings (SSSR count). The lowest BCUT2D eigenvalue weighted by molar-refractivity contribution is -0.384. The van der Waals surface area contributed by atoms with Crippen LogP contribution < -0.4 is 17.2 Å². The molecule has 28 heavy (non-hydrogen) atoms. The molecule has 0 aliphatic heterocycles. The summed E-state index contributed by atoms with van der Waals surface area (Å²) in [7, 11) is 0. The summed E-state index contributed by atoms with van der Waals surface area (Å²) in [5, 5.41) is 18.5. The number of carbonyl (C=O) groups is 2. The van der Waals surface area contributed by atoms with Crippen molar-refractivity contribution in [2.24, 2.45) is 17.2 Å². The van der Waals surface area contributed by atoms with Gasteiger partial charge in [0.2, 0.25) is 0 Å². The number of carboxylic acid groups (broad SMARTS) is 1. The Labute approximate surface area is 165 Å². The number of non-ortho nitro benzene ring substituents is 1. The number of carbonyl (C=O) groups excluding carboxylic acids is 1. The predicted molar refractivity (Wildman–Crippen MR) is 108 cm³/mol. The summed E-state index contributed by atoms with van der Waals surface area (Å²) in [6.45, 7) is 0.604. The third-order valence-electron chi connectivity index (χ3n) is 4.15. The smallest absolute Gasteiger partial charge is 0.320 e. The van der Waals surface area contributed by atoms with Gasteiger partial charge in [0, 0.05) is 23.7 Å². The highest BCUT2D eigenvalue weighted by Gasteiger charge is 2.09. The van der Waals surface area contributed by atoms with E-state index in [2.05, 4.69) is 0 Å². The molecule has 0 radical (unpaired) electrons. The number of benzene rings is 1. The molecular weight excluding hydrogens is 364 g/mol. The maximum atomic E-state index is 10.2. The highest BCUT2D eigenvalue weighted by Crippen LogP contribution is 2.14. The van der Waals surface area contributed by atoms with Crippen molar-refractivity contribution in [1.82, 2.24) is 0 Å². The first-order valence-corrected chi connectivity index (χ1v) is 9.45. The Morgan fingerprint density at radius 1 is 1.29 bits per heavy atom. The first-order chi connectivity index (χ1) is 13.3. The highest BCUT2D eigenvalue weighted by molar-refractivity contribution is 5.75. The highest BCUT2D eigenvalue weighted by atomic mass is 16.6. The van der Waals surface area contributed by atoms with Gasteiger partial charge in [-0.15, -0.1) is 0 Å². The Balaban J connectivity index is 0.000000400. The van der Waals surface area contributed by atoms with Crippen LogP contribution in [0.1, 0.15) is 61.7 Å². The maximum Gasteiger partial charge on any atom is 0.320 e. The van der Waals surface area contributed by atoms with Gasteiger partial charge in [0.1, 0.15) is 12.3 Å². The number of carboxylic acids is 1. The van der Waals surface area contributed by atoms with E-state index in [0.717, 1.165) is 12.8 Å². The predicted octanol–water partition coefficient (Wildman–Crippen LogP) is 2.21. The average molecular weight is 396 g/mol. The number of hydrogen-bond acceptors (Lipinski definition) is 7. The molecule has 0 bridgehead atoms. The number of nitrogens with two attached hydrogens (primary N) is 3. The molecule has 1 aromatic rings. The molecule has 0 amide bonds. The van der Waals surface area contributed by atoms with E-state index in [9.17, 15) is 19.7 Å². The van der Waals surface area contributed by atoms with Crippen molar-refractivity contribution in [1.29, 1.82) is 0 Å². The minimum atomic E-state index is -0.933. The lowest BCUT2D eigenvalue weighted by atomic mass is 9.97. The monoisotopic (exact) mass is 396 g/mol. The Hall–Kier alpha value is -2.36. The second kappa shape index (κ2) is 15.7. The molecule has 0 saturated heterocycles. The van der Waals surface area contributed by atoms with E-state index >= 15 is 0 Å². The standard InChI is InChI=1S/C7H5NO3.C6H14N2O2.C6H13N/c9-5-6-2-1-3-7(4-6)8(10)11;7-4-2-1-3-5(8)6(9)10;7-6-4-2-1-3-5-6/h1-5H;5H,1-4,7-8H2,(H,9,10);6H,1-5,7H2/t;5-;/m.0./s1. The maximum absolute atomic E-state index is 10.2. The van der Waals surface area contributed by atoms with Crippen LogP contribution in [0.4, 0.5) is 5.69 Å². The minimum Gasteiger partial charge on any atom is -0.480 e. The molecule has 9 nitrogen and oxygen atoms in total. The van der Waals surface area contributed by atoms with E-state index in [-0.39, 0.29) is 5.69 Å². The first kappa shape index (κ1) is 25.6. The number of nitrogens with zero attached hydrogens (tertiary/aromatic N) is 1.